The Kier molecular flexibility index (Phi) is 5.58. The number of anilines is 1. The molecule has 1 heterocycles. The van der Waals surface area contributed by atoms with Crippen molar-refractivity contribution in [2.45, 2.75) is 13.2 Å². The zero-order valence-corrected chi connectivity index (χ0v) is 14.0. The minimum Gasteiger partial charge on any atom is -0.493 e. The molecule has 3 rings (SSSR count). The molecule has 0 aliphatic rings. The van der Waals surface area contributed by atoms with Gasteiger partial charge in [0.05, 0.1) is 12.8 Å². The summed E-state index contributed by atoms with van der Waals surface area (Å²) in [5.41, 5.74) is 2.42. The van der Waals surface area contributed by atoms with Crippen molar-refractivity contribution in [1.29, 1.82) is 0 Å². The summed E-state index contributed by atoms with van der Waals surface area (Å²) in [5.74, 6) is 0.818. The van der Waals surface area contributed by atoms with Crippen LogP contribution in [-0.4, -0.2) is 23.9 Å². The van der Waals surface area contributed by atoms with E-state index in [0.29, 0.717) is 23.6 Å². The normalized spacial score (nSPS) is 10.6. The smallest absolute Gasteiger partial charge is 0.387 e. The first-order valence-electron chi connectivity index (χ1n) is 7.90. The summed E-state index contributed by atoms with van der Waals surface area (Å²) < 4.78 is 34.3. The van der Waals surface area contributed by atoms with E-state index >= 15 is 0 Å². The Labute approximate surface area is 149 Å². The zero-order valence-electron chi connectivity index (χ0n) is 14.0. The van der Waals surface area contributed by atoms with Crippen LogP contribution in [0.15, 0.2) is 60.7 Å². The van der Waals surface area contributed by atoms with E-state index in [0.717, 1.165) is 5.56 Å². The summed E-state index contributed by atoms with van der Waals surface area (Å²) in [6.07, 6.45) is 0. The minimum atomic E-state index is -2.91. The molecule has 2 aromatic carbocycles. The maximum absolute atomic E-state index is 12.4. The molecule has 0 aliphatic heterocycles. The average Bonchev–Trinajstić information content (AvgIpc) is 2.67. The summed E-state index contributed by atoms with van der Waals surface area (Å²) >= 11 is 0. The second kappa shape index (κ2) is 8.24. The first-order chi connectivity index (χ1) is 12.7. The van der Waals surface area contributed by atoms with E-state index in [1.807, 2.05) is 30.3 Å². The van der Waals surface area contributed by atoms with Crippen LogP contribution >= 0.6 is 0 Å². The fourth-order valence-corrected chi connectivity index (χ4v) is 2.39. The summed E-state index contributed by atoms with van der Waals surface area (Å²) in [5, 5.41) is 11.5. The maximum atomic E-state index is 12.4. The van der Waals surface area contributed by atoms with Crippen molar-refractivity contribution in [2.24, 2.45) is 0 Å². The van der Waals surface area contributed by atoms with Crippen molar-refractivity contribution in [3.63, 3.8) is 0 Å². The Morgan fingerprint density at radius 3 is 2.42 bits per heavy atom. The van der Waals surface area contributed by atoms with E-state index in [4.69, 9.17) is 4.74 Å². The third kappa shape index (κ3) is 4.44. The lowest BCUT2D eigenvalue weighted by atomic mass is 10.1. The van der Waals surface area contributed by atoms with Gasteiger partial charge in [-0.15, -0.1) is 10.2 Å². The molecule has 0 aliphatic carbocycles. The van der Waals surface area contributed by atoms with Crippen LogP contribution in [0.25, 0.3) is 11.3 Å². The number of nitrogens with zero attached hydrogens (tertiary/aromatic N) is 2. The molecule has 0 atom stereocenters. The lowest BCUT2D eigenvalue weighted by Crippen LogP contribution is -2.04. The average molecular weight is 357 g/mol. The predicted molar refractivity (Wildman–Crippen MR) is 94.4 cm³/mol. The van der Waals surface area contributed by atoms with Gasteiger partial charge in [0.1, 0.15) is 5.82 Å². The molecule has 3 aromatic rings. The van der Waals surface area contributed by atoms with E-state index in [2.05, 4.69) is 20.3 Å². The number of nitrogens with one attached hydrogen (secondary N) is 1. The maximum Gasteiger partial charge on any atom is 0.387 e. The second-order valence-electron chi connectivity index (χ2n) is 5.39. The molecular weight excluding hydrogens is 340 g/mol. The van der Waals surface area contributed by atoms with Crippen molar-refractivity contribution in [1.82, 2.24) is 10.2 Å². The molecule has 0 amide bonds. The fraction of sp³-hybridized carbons (Fsp3) is 0.158. The quantitative estimate of drug-likeness (QED) is 0.681. The molecule has 1 N–H and O–H groups in total. The van der Waals surface area contributed by atoms with Crippen LogP contribution in [0.4, 0.5) is 14.6 Å². The van der Waals surface area contributed by atoms with Gasteiger partial charge in [-0.3, -0.25) is 0 Å². The first kappa shape index (κ1) is 17.6. The van der Waals surface area contributed by atoms with Crippen LogP contribution in [-0.2, 0) is 6.54 Å². The van der Waals surface area contributed by atoms with Crippen molar-refractivity contribution < 1.29 is 18.3 Å². The standard InChI is InChI=1S/C19H17F2N3O2/c1-25-17-11-14(7-9-16(17)26-19(20)21)15-8-10-18(24-23-15)22-12-13-5-3-2-4-6-13/h2-11,19H,12H2,1H3,(H,22,24). The number of alkyl halides is 2. The van der Waals surface area contributed by atoms with Crippen molar-refractivity contribution in [2.75, 3.05) is 12.4 Å². The van der Waals surface area contributed by atoms with Gasteiger partial charge in [0.2, 0.25) is 0 Å². The molecule has 0 spiro atoms. The summed E-state index contributed by atoms with van der Waals surface area (Å²) in [6.45, 7) is -2.27. The van der Waals surface area contributed by atoms with Gasteiger partial charge in [-0.25, -0.2) is 0 Å². The van der Waals surface area contributed by atoms with E-state index in [1.54, 1.807) is 24.3 Å². The van der Waals surface area contributed by atoms with Gasteiger partial charge in [-0.05, 0) is 35.9 Å². The highest BCUT2D eigenvalue weighted by Crippen LogP contribution is 2.32. The van der Waals surface area contributed by atoms with Gasteiger partial charge in [0.25, 0.3) is 0 Å². The number of rotatable bonds is 7. The summed E-state index contributed by atoms with van der Waals surface area (Å²) in [4.78, 5) is 0. The molecule has 0 unspecified atom stereocenters. The topological polar surface area (TPSA) is 56.3 Å². The summed E-state index contributed by atoms with van der Waals surface area (Å²) in [6, 6.07) is 18.2. The van der Waals surface area contributed by atoms with Crippen molar-refractivity contribution in [3.05, 3.63) is 66.2 Å². The van der Waals surface area contributed by atoms with Gasteiger partial charge in [-0.2, -0.15) is 8.78 Å². The Bertz CT molecular complexity index is 843. The van der Waals surface area contributed by atoms with Gasteiger partial charge >= 0.3 is 6.61 Å². The molecule has 7 heteroatoms. The predicted octanol–water partition coefficient (Wildman–Crippen LogP) is 4.37. The number of hydrogen-bond donors (Lipinski definition) is 1. The number of hydrogen-bond acceptors (Lipinski definition) is 5. The second-order valence-corrected chi connectivity index (χ2v) is 5.39. The van der Waals surface area contributed by atoms with Crippen LogP contribution in [0.2, 0.25) is 0 Å². The monoisotopic (exact) mass is 357 g/mol. The van der Waals surface area contributed by atoms with Gasteiger partial charge < -0.3 is 14.8 Å². The van der Waals surface area contributed by atoms with Gasteiger partial charge in [0, 0.05) is 12.1 Å². The molecule has 26 heavy (non-hydrogen) atoms. The van der Waals surface area contributed by atoms with E-state index in [9.17, 15) is 8.78 Å². The molecule has 0 saturated heterocycles. The fourth-order valence-electron chi connectivity index (χ4n) is 2.39. The van der Waals surface area contributed by atoms with Crippen LogP contribution in [0.5, 0.6) is 11.5 Å². The number of aromatic nitrogens is 2. The first-order valence-corrected chi connectivity index (χ1v) is 7.90. The van der Waals surface area contributed by atoms with Gasteiger partial charge in [-0.1, -0.05) is 30.3 Å². The number of methoxy groups -OCH3 is 1. The molecule has 5 nitrogen and oxygen atoms in total. The zero-order chi connectivity index (χ0) is 18.4. The SMILES string of the molecule is COc1cc(-c2ccc(NCc3ccccc3)nn2)ccc1OC(F)F. The van der Waals surface area contributed by atoms with Gasteiger partial charge in [0.15, 0.2) is 11.5 Å². The Hall–Kier alpha value is -3.22. The number of benzene rings is 2. The summed E-state index contributed by atoms with van der Waals surface area (Å²) in [7, 11) is 1.39. The molecule has 134 valence electrons. The number of ether oxygens (including phenoxy) is 2. The van der Waals surface area contributed by atoms with Crippen LogP contribution < -0.4 is 14.8 Å². The van der Waals surface area contributed by atoms with Crippen LogP contribution in [0, 0.1) is 0 Å². The third-order valence-corrected chi connectivity index (χ3v) is 3.66. The largest absolute Gasteiger partial charge is 0.493 e. The lowest BCUT2D eigenvalue weighted by molar-refractivity contribution is -0.0512. The molecule has 0 bridgehead atoms. The molecule has 0 radical (unpaired) electrons. The van der Waals surface area contributed by atoms with Crippen LogP contribution in [0.3, 0.4) is 0 Å². The molecule has 0 fully saturated rings. The van der Waals surface area contributed by atoms with Crippen molar-refractivity contribution in [3.8, 4) is 22.8 Å². The third-order valence-electron chi connectivity index (χ3n) is 3.66. The van der Waals surface area contributed by atoms with E-state index < -0.39 is 6.61 Å². The Balaban J connectivity index is 1.71. The number of halogens is 2. The van der Waals surface area contributed by atoms with Crippen LogP contribution in [0.1, 0.15) is 5.56 Å². The Morgan fingerprint density at radius 1 is 0.962 bits per heavy atom. The van der Waals surface area contributed by atoms with Crippen molar-refractivity contribution >= 4 is 5.82 Å². The minimum absolute atomic E-state index is 0.0274. The molecular formula is C19H17F2N3O2. The van der Waals surface area contributed by atoms with E-state index in [-0.39, 0.29) is 11.5 Å². The van der Waals surface area contributed by atoms with E-state index in [1.165, 1.54) is 13.2 Å². The molecule has 1 aromatic heterocycles. The Morgan fingerprint density at radius 2 is 1.77 bits per heavy atom. The highest BCUT2D eigenvalue weighted by molar-refractivity contribution is 5.64. The highest BCUT2D eigenvalue weighted by Gasteiger charge is 2.12. The molecule has 0 saturated carbocycles. The highest BCUT2D eigenvalue weighted by atomic mass is 19.3. The lowest BCUT2D eigenvalue weighted by Gasteiger charge is -2.11.